The highest BCUT2D eigenvalue weighted by Gasteiger charge is 2.09. The Balaban J connectivity index is 1.42. The van der Waals surface area contributed by atoms with Crippen LogP contribution in [0.25, 0.3) is 0 Å². The van der Waals surface area contributed by atoms with Gasteiger partial charge < -0.3 is 19.9 Å². The van der Waals surface area contributed by atoms with Crippen molar-refractivity contribution in [3.8, 4) is 0 Å². The summed E-state index contributed by atoms with van der Waals surface area (Å²) in [5, 5.41) is 15.1. The number of aryl methyl sites for hydroxylation is 1. The molecule has 0 atom stereocenters. The van der Waals surface area contributed by atoms with Crippen molar-refractivity contribution >= 4 is 17.7 Å². The van der Waals surface area contributed by atoms with E-state index in [1.165, 1.54) is 4.90 Å². The molecule has 1 aliphatic heterocycles. The smallest absolute Gasteiger partial charge is 0.191 e. The molecule has 0 saturated carbocycles. The zero-order chi connectivity index (χ0) is 21.6. The lowest BCUT2D eigenvalue weighted by Crippen LogP contribution is -2.40. The van der Waals surface area contributed by atoms with E-state index in [0.717, 1.165) is 89.4 Å². The van der Waals surface area contributed by atoms with E-state index in [-0.39, 0.29) is 0 Å². The summed E-state index contributed by atoms with van der Waals surface area (Å²) in [6.45, 7) is 10.2. The summed E-state index contributed by atoms with van der Waals surface area (Å²) < 4.78 is 7.51. The van der Waals surface area contributed by atoms with Crippen molar-refractivity contribution in [1.29, 1.82) is 0 Å². The Bertz CT molecular complexity index is 762. The molecule has 3 rings (SSSR count). The standard InChI is InChI=1S/C22H35N7OS/c1-2-21-27-26-19-29(21)13-10-24-22(23-9-6-12-28-14-16-30-17-15-28)25-11-18-31-20-7-4-3-5-8-20/h3-5,7-8,19H,2,6,9-18H2,1H3,(H2,23,24,25). The molecule has 31 heavy (non-hydrogen) atoms. The first-order valence-electron chi connectivity index (χ1n) is 11.2. The molecule has 0 unspecified atom stereocenters. The molecule has 0 radical (unpaired) electrons. The molecule has 170 valence electrons. The van der Waals surface area contributed by atoms with E-state index in [9.17, 15) is 0 Å². The van der Waals surface area contributed by atoms with Crippen LogP contribution >= 0.6 is 11.8 Å². The predicted molar refractivity (Wildman–Crippen MR) is 127 cm³/mol. The fraction of sp³-hybridized carbons (Fsp3) is 0.591. The maximum atomic E-state index is 5.42. The molecule has 1 aliphatic rings. The Kier molecular flexibility index (Phi) is 10.7. The van der Waals surface area contributed by atoms with Crippen LogP contribution in [-0.4, -0.2) is 83.9 Å². The van der Waals surface area contributed by atoms with E-state index in [2.05, 4.69) is 61.5 Å². The highest BCUT2D eigenvalue weighted by atomic mass is 32.2. The number of aliphatic imine (C=N–C) groups is 1. The Morgan fingerprint density at radius 3 is 2.74 bits per heavy atom. The number of nitrogens with one attached hydrogen (secondary N) is 2. The van der Waals surface area contributed by atoms with Gasteiger partial charge in [0.15, 0.2) is 5.96 Å². The van der Waals surface area contributed by atoms with E-state index < -0.39 is 0 Å². The Morgan fingerprint density at radius 1 is 1.13 bits per heavy atom. The molecule has 2 aromatic rings. The first-order chi connectivity index (χ1) is 15.3. The first-order valence-corrected chi connectivity index (χ1v) is 12.2. The third-order valence-electron chi connectivity index (χ3n) is 5.07. The Hall–Kier alpha value is -2.10. The zero-order valence-electron chi connectivity index (χ0n) is 18.5. The van der Waals surface area contributed by atoms with Crippen molar-refractivity contribution in [2.24, 2.45) is 4.99 Å². The number of aromatic nitrogens is 3. The molecule has 0 aliphatic carbocycles. The maximum absolute atomic E-state index is 5.42. The molecule has 1 saturated heterocycles. The number of hydrogen-bond donors (Lipinski definition) is 2. The van der Waals surface area contributed by atoms with Gasteiger partial charge in [-0.15, -0.1) is 22.0 Å². The van der Waals surface area contributed by atoms with E-state index in [1.54, 1.807) is 6.33 Å². The van der Waals surface area contributed by atoms with Crippen LogP contribution in [0.5, 0.6) is 0 Å². The number of guanidine groups is 1. The molecule has 1 aromatic heterocycles. The average molecular weight is 446 g/mol. The number of rotatable bonds is 12. The molecule has 1 fully saturated rings. The number of benzene rings is 1. The van der Waals surface area contributed by atoms with Gasteiger partial charge in [-0.05, 0) is 18.6 Å². The third kappa shape index (κ3) is 8.88. The molecule has 8 nitrogen and oxygen atoms in total. The lowest BCUT2D eigenvalue weighted by Gasteiger charge is -2.26. The summed E-state index contributed by atoms with van der Waals surface area (Å²) in [6.07, 6.45) is 3.73. The molecule has 2 heterocycles. The summed E-state index contributed by atoms with van der Waals surface area (Å²) in [7, 11) is 0. The number of thioether (sulfide) groups is 1. The summed E-state index contributed by atoms with van der Waals surface area (Å²) in [5.74, 6) is 2.88. The van der Waals surface area contributed by atoms with Gasteiger partial charge in [0, 0.05) is 62.9 Å². The molecule has 1 aromatic carbocycles. The quantitative estimate of drug-likeness (QED) is 0.224. The van der Waals surface area contributed by atoms with Gasteiger partial charge in [0.05, 0.1) is 13.2 Å². The minimum atomic E-state index is 0.784. The lowest BCUT2D eigenvalue weighted by molar-refractivity contribution is 0.0377. The van der Waals surface area contributed by atoms with Gasteiger partial charge in [0.1, 0.15) is 12.2 Å². The monoisotopic (exact) mass is 445 g/mol. The van der Waals surface area contributed by atoms with Gasteiger partial charge in [-0.1, -0.05) is 25.1 Å². The van der Waals surface area contributed by atoms with Crippen molar-refractivity contribution in [3.63, 3.8) is 0 Å². The van der Waals surface area contributed by atoms with Crippen molar-refractivity contribution in [2.45, 2.75) is 31.2 Å². The van der Waals surface area contributed by atoms with Gasteiger partial charge in [-0.2, -0.15) is 0 Å². The van der Waals surface area contributed by atoms with Crippen molar-refractivity contribution in [1.82, 2.24) is 30.3 Å². The van der Waals surface area contributed by atoms with E-state index >= 15 is 0 Å². The largest absolute Gasteiger partial charge is 0.379 e. The number of ether oxygens (including phenoxy) is 1. The van der Waals surface area contributed by atoms with Gasteiger partial charge >= 0.3 is 0 Å². The predicted octanol–water partition coefficient (Wildman–Crippen LogP) is 1.89. The topological polar surface area (TPSA) is 79.6 Å². The molecular formula is C22H35N7OS. The van der Waals surface area contributed by atoms with Crippen LogP contribution in [0.2, 0.25) is 0 Å². The maximum Gasteiger partial charge on any atom is 0.191 e. The molecule has 2 N–H and O–H groups in total. The van der Waals surface area contributed by atoms with Crippen molar-refractivity contribution in [3.05, 3.63) is 42.5 Å². The molecule has 9 heteroatoms. The molecular weight excluding hydrogens is 410 g/mol. The van der Waals surface area contributed by atoms with Gasteiger partial charge in [0.2, 0.25) is 0 Å². The van der Waals surface area contributed by atoms with Crippen LogP contribution in [-0.2, 0) is 17.7 Å². The molecule has 0 spiro atoms. The highest BCUT2D eigenvalue weighted by molar-refractivity contribution is 7.99. The number of morpholine rings is 1. The van der Waals surface area contributed by atoms with Gasteiger partial charge in [0.25, 0.3) is 0 Å². The second-order valence-corrected chi connectivity index (χ2v) is 8.52. The molecule has 0 bridgehead atoms. The Morgan fingerprint density at radius 2 is 1.94 bits per heavy atom. The van der Waals surface area contributed by atoms with Crippen LogP contribution in [0, 0.1) is 0 Å². The number of nitrogens with zero attached hydrogens (tertiary/aromatic N) is 5. The van der Waals surface area contributed by atoms with Crippen LogP contribution in [0.1, 0.15) is 19.2 Å². The van der Waals surface area contributed by atoms with Crippen LogP contribution < -0.4 is 10.6 Å². The average Bonchev–Trinajstić information content (AvgIpc) is 3.28. The van der Waals surface area contributed by atoms with Crippen LogP contribution in [0.15, 0.2) is 46.5 Å². The second kappa shape index (κ2) is 14.1. The minimum Gasteiger partial charge on any atom is -0.379 e. The summed E-state index contributed by atoms with van der Waals surface area (Å²) in [6, 6.07) is 10.5. The van der Waals surface area contributed by atoms with Crippen LogP contribution in [0.3, 0.4) is 0 Å². The molecule has 0 amide bonds. The van der Waals surface area contributed by atoms with Gasteiger partial charge in [-0.25, -0.2) is 0 Å². The third-order valence-corrected chi connectivity index (χ3v) is 6.08. The Labute approximate surface area is 189 Å². The van der Waals surface area contributed by atoms with Gasteiger partial charge in [-0.3, -0.25) is 9.89 Å². The summed E-state index contributed by atoms with van der Waals surface area (Å²) in [4.78, 5) is 8.55. The lowest BCUT2D eigenvalue weighted by atomic mass is 10.3. The second-order valence-electron chi connectivity index (χ2n) is 7.35. The SMILES string of the molecule is CCc1nncn1CCNC(=NCCCN1CCOCC1)NCCSc1ccccc1. The normalized spacial score (nSPS) is 15.2. The van der Waals surface area contributed by atoms with E-state index in [4.69, 9.17) is 9.73 Å². The fourth-order valence-corrected chi connectivity index (χ4v) is 4.16. The van der Waals surface area contributed by atoms with E-state index in [1.807, 2.05) is 17.8 Å². The fourth-order valence-electron chi connectivity index (χ4n) is 3.37. The summed E-state index contributed by atoms with van der Waals surface area (Å²) in [5.41, 5.74) is 0. The number of hydrogen-bond acceptors (Lipinski definition) is 6. The minimum absolute atomic E-state index is 0.784. The zero-order valence-corrected chi connectivity index (χ0v) is 19.3. The highest BCUT2D eigenvalue weighted by Crippen LogP contribution is 2.15. The summed E-state index contributed by atoms with van der Waals surface area (Å²) >= 11 is 1.85. The van der Waals surface area contributed by atoms with Crippen molar-refractivity contribution in [2.75, 3.05) is 58.2 Å². The first kappa shape index (κ1) is 23.6. The van der Waals surface area contributed by atoms with Crippen molar-refractivity contribution < 1.29 is 4.74 Å². The van der Waals surface area contributed by atoms with Crippen LogP contribution in [0.4, 0.5) is 0 Å². The van der Waals surface area contributed by atoms with E-state index in [0.29, 0.717) is 0 Å².